The van der Waals surface area contributed by atoms with Crippen LogP contribution in [-0.4, -0.2) is 26.3 Å². The second-order valence-electron chi connectivity index (χ2n) is 6.01. The van der Waals surface area contributed by atoms with Crippen LogP contribution in [0.5, 0.6) is 0 Å². The fourth-order valence-electron chi connectivity index (χ4n) is 3.63. The average molecular weight is 245 g/mol. The molecule has 0 aromatic heterocycles. The van der Waals surface area contributed by atoms with E-state index in [1.54, 1.807) is 0 Å². The topological polar surface area (TPSA) is 21.3 Å². The van der Waals surface area contributed by atoms with Crippen LogP contribution in [0.3, 0.4) is 0 Å². The molecule has 0 bridgehead atoms. The molecule has 98 valence electrons. The molecule has 0 aliphatic carbocycles. The number of aryl methyl sites for hydroxylation is 2. The van der Waals surface area contributed by atoms with Gasteiger partial charge in [0.15, 0.2) is 0 Å². The van der Waals surface area contributed by atoms with E-state index in [1.807, 2.05) is 0 Å². The molecule has 1 aromatic rings. The largest absolute Gasteiger partial charge is 0.379 e. The van der Waals surface area contributed by atoms with Gasteiger partial charge in [-0.15, -0.1) is 0 Å². The van der Waals surface area contributed by atoms with Crippen LogP contribution in [0, 0.1) is 19.8 Å². The average Bonchev–Trinajstić information content (AvgIpc) is 2.32. The normalized spacial score (nSPS) is 26.7. The molecule has 1 unspecified atom stereocenters. The van der Waals surface area contributed by atoms with Gasteiger partial charge in [0.2, 0.25) is 0 Å². The zero-order valence-corrected chi connectivity index (χ0v) is 11.5. The Kier molecular flexibility index (Phi) is 3.16. The van der Waals surface area contributed by atoms with Crippen molar-refractivity contribution >= 4 is 0 Å². The Hall–Kier alpha value is -0.860. The number of hydrogen-bond donors (Lipinski definition) is 1. The summed E-state index contributed by atoms with van der Waals surface area (Å²) >= 11 is 0. The van der Waals surface area contributed by atoms with Crippen LogP contribution in [0.15, 0.2) is 18.2 Å². The number of hydrogen-bond acceptors (Lipinski definition) is 2. The van der Waals surface area contributed by atoms with E-state index in [0.29, 0.717) is 0 Å². The minimum atomic E-state index is 0.283. The summed E-state index contributed by atoms with van der Waals surface area (Å²) in [6, 6.07) is 6.89. The van der Waals surface area contributed by atoms with Crippen LogP contribution in [0.1, 0.15) is 29.5 Å². The smallest absolute Gasteiger partial charge is 0.0588 e. The third-order valence-electron chi connectivity index (χ3n) is 4.72. The van der Waals surface area contributed by atoms with E-state index < -0.39 is 0 Å². The summed E-state index contributed by atoms with van der Waals surface area (Å²) < 4.78 is 5.60. The van der Waals surface area contributed by atoms with Gasteiger partial charge in [-0.3, -0.25) is 0 Å². The first-order valence-electron chi connectivity index (χ1n) is 7.08. The first kappa shape index (κ1) is 12.2. The van der Waals surface area contributed by atoms with Crippen LogP contribution >= 0.6 is 0 Å². The van der Waals surface area contributed by atoms with E-state index in [2.05, 4.69) is 37.4 Å². The van der Waals surface area contributed by atoms with E-state index >= 15 is 0 Å². The SMILES string of the molecule is Cc1ccc(C2(C3CCCNC3)COC2)c(C)c1. The summed E-state index contributed by atoms with van der Waals surface area (Å²) in [6.45, 7) is 8.56. The van der Waals surface area contributed by atoms with Gasteiger partial charge in [0.1, 0.15) is 0 Å². The van der Waals surface area contributed by atoms with Gasteiger partial charge in [0, 0.05) is 5.41 Å². The third kappa shape index (κ3) is 1.88. The van der Waals surface area contributed by atoms with E-state index in [1.165, 1.54) is 36.1 Å². The molecular formula is C16H23NO. The van der Waals surface area contributed by atoms with Gasteiger partial charge in [-0.05, 0) is 56.8 Å². The lowest BCUT2D eigenvalue weighted by Crippen LogP contribution is -2.56. The van der Waals surface area contributed by atoms with Crippen molar-refractivity contribution in [3.63, 3.8) is 0 Å². The highest BCUT2D eigenvalue weighted by Crippen LogP contribution is 2.43. The van der Waals surface area contributed by atoms with Crippen molar-refractivity contribution in [3.8, 4) is 0 Å². The summed E-state index contributed by atoms with van der Waals surface area (Å²) in [4.78, 5) is 0. The molecule has 0 amide bonds. The van der Waals surface area contributed by atoms with Crippen molar-refractivity contribution in [2.45, 2.75) is 32.1 Å². The summed E-state index contributed by atoms with van der Waals surface area (Å²) in [7, 11) is 0. The van der Waals surface area contributed by atoms with Crippen LogP contribution in [-0.2, 0) is 10.2 Å². The molecule has 0 saturated carbocycles. The minimum Gasteiger partial charge on any atom is -0.379 e. The maximum atomic E-state index is 5.60. The molecule has 2 aliphatic heterocycles. The first-order chi connectivity index (χ1) is 8.72. The molecule has 2 heterocycles. The standard InChI is InChI=1S/C16H23NO/c1-12-5-6-15(13(2)8-12)16(10-18-11-16)14-4-3-7-17-9-14/h5-6,8,14,17H,3-4,7,9-11H2,1-2H3. The van der Waals surface area contributed by atoms with Crippen molar-refractivity contribution in [2.75, 3.05) is 26.3 Å². The lowest BCUT2D eigenvalue weighted by atomic mass is 9.65. The van der Waals surface area contributed by atoms with Crippen molar-refractivity contribution in [2.24, 2.45) is 5.92 Å². The van der Waals surface area contributed by atoms with Gasteiger partial charge in [0.05, 0.1) is 13.2 Å². The lowest BCUT2D eigenvalue weighted by molar-refractivity contribution is -0.0950. The Balaban J connectivity index is 1.94. The zero-order chi connectivity index (χ0) is 12.6. The zero-order valence-electron chi connectivity index (χ0n) is 11.5. The molecule has 0 radical (unpaired) electrons. The molecule has 2 nitrogen and oxygen atoms in total. The van der Waals surface area contributed by atoms with Gasteiger partial charge in [-0.1, -0.05) is 23.8 Å². The fourth-order valence-corrected chi connectivity index (χ4v) is 3.63. The molecule has 3 rings (SSSR count). The van der Waals surface area contributed by atoms with E-state index in [4.69, 9.17) is 4.74 Å². The Labute approximate surface area is 110 Å². The van der Waals surface area contributed by atoms with Gasteiger partial charge in [-0.25, -0.2) is 0 Å². The van der Waals surface area contributed by atoms with E-state index in [-0.39, 0.29) is 5.41 Å². The molecule has 2 fully saturated rings. The molecule has 2 heteroatoms. The molecule has 2 aliphatic rings. The third-order valence-corrected chi connectivity index (χ3v) is 4.72. The summed E-state index contributed by atoms with van der Waals surface area (Å²) in [5.74, 6) is 0.737. The second kappa shape index (κ2) is 4.67. The van der Waals surface area contributed by atoms with Crippen LogP contribution in [0.2, 0.25) is 0 Å². The highest BCUT2D eigenvalue weighted by atomic mass is 16.5. The van der Waals surface area contributed by atoms with Gasteiger partial charge < -0.3 is 10.1 Å². The maximum absolute atomic E-state index is 5.60. The Morgan fingerprint density at radius 2 is 2.11 bits per heavy atom. The van der Waals surface area contributed by atoms with Gasteiger partial charge in [0.25, 0.3) is 0 Å². The maximum Gasteiger partial charge on any atom is 0.0588 e. The highest BCUT2D eigenvalue weighted by Gasteiger charge is 2.47. The molecule has 1 N–H and O–H groups in total. The van der Waals surface area contributed by atoms with Crippen LogP contribution in [0.4, 0.5) is 0 Å². The highest BCUT2D eigenvalue weighted by molar-refractivity contribution is 5.39. The Morgan fingerprint density at radius 1 is 1.28 bits per heavy atom. The first-order valence-corrected chi connectivity index (χ1v) is 7.08. The van der Waals surface area contributed by atoms with Crippen molar-refractivity contribution in [1.29, 1.82) is 0 Å². The Bertz CT molecular complexity index is 431. The van der Waals surface area contributed by atoms with Gasteiger partial charge >= 0.3 is 0 Å². The monoisotopic (exact) mass is 245 g/mol. The summed E-state index contributed by atoms with van der Waals surface area (Å²) in [6.07, 6.45) is 2.64. The van der Waals surface area contributed by atoms with Gasteiger partial charge in [-0.2, -0.15) is 0 Å². The molecule has 1 aromatic carbocycles. The fraction of sp³-hybridized carbons (Fsp3) is 0.625. The summed E-state index contributed by atoms with van der Waals surface area (Å²) in [5.41, 5.74) is 4.59. The Morgan fingerprint density at radius 3 is 2.67 bits per heavy atom. The molecular weight excluding hydrogens is 222 g/mol. The number of piperidine rings is 1. The van der Waals surface area contributed by atoms with Crippen LogP contribution < -0.4 is 5.32 Å². The molecule has 0 spiro atoms. The second-order valence-corrected chi connectivity index (χ2v) is 6.01. The lowest BCUT2D eigenvalue weighted by Gasteiger charge is -2.49. The quantitative estimate of drug-likeness (QED) is 0.864. The van der Waals surface area contributed by atoms with Crippen molar-refractivity contribution in [3.05, 3.63) is 34.9 Å². The number of benzene rings is 1. The number of ether oxygens (including phenoxy) is 1. The van der Waals surface area contributed by atoms with E-state index in [9.17, 15) is 0 Å². The molecule has 18 heavy (non-hydrogen) atoms. The number of rotatable bonds is 2. The predicted octanol–water partition coefficient (Wildman–Crippen LogP) is 2.57. The summed E-state index contributed by atoms with van der Waals surface area (Å²) in [5, 5.41) is 3.55. The number of nitrogens with one attached hydrogen (secondary N) is 1. The molecule has 1 atom stereocenters. The predicted molar refractivity (Wildman–Crippen MR) is 74.0 cm³/mol. The van der Waals surface area contributed by atoms with Crippen LogP contribution in [0.25, 0.3) is 0 Å². The van der Waals surface area contributed by atoms with Crippen molar-refractivity contribution < 1.29 is 4.74 Å². The molecule has 2 saturated heterocycles. The van der Waals surface area contributed by atoms with E-state index in [0.717, 1.165) is 25.7 Å². The van der Waals surface area contributed by atoms with Crippen molar-refractivity contribution in [1.82, 2.24) is 5.32 Å². The minimum absolute atomic E-state index is 0.283.